The van der Waals surface area contributed by atoms with E-state index in [9.17, 15) is 27.9 Å². The summed E-state index contributed by atoms with van der Waals surface area (Å²) >= 11 is 1.24. The minimum atomic E-state index is -4.39. The van der Waals surface area contributed by atoms with Crippen molar-refractivity contribution in [1.29, 1.82) is 0 Å². The number of aliphatic carboxylic acids is 1. The number of halogens is 3. The van der Waals surface area contributed by atoms with E-state index in [1.807, 2.05) is 18.2 Å². The Kier molecular flexibility index (Phi) is 4.81. The van der Waals surface area contributed by atoms with E-state index in [2.05, 4.69) is 10.3 Å². The molecule has 0 aliphatic heterocycles. The fourth-order valence-corrected chi connectivity index (χ4v) is 5.62. The van der Waals surface area contributed by atoms with Crippen molar-refractivity contribution in [2.24, 2.45) is 23.7 Å². The van der Waals surface area contributed by atoms with E-state index in [0.29, 0.717) is 22.6 Å². The molecule has 2 N–H and O–H groups in total. The molecule has 0 radical (unpaired) electrons. The van der Waals surface area contributed by atoms with Crippen molar-refractivity contribution in [2.45, 2.75) is 12.6 Å². The maximum absolute atomic E-state index is 12.9. The lowest BCUT2D eigenvalue weighted by Crippen LogP contribution is -2.36. The molecule has 2 aliphatic rings. The molecule has 2 aromatic carbocycles. The van der Waals surface area contributed by atoms with Crippen molar-refractivity contribution in [1.82, 2.24) is 4.98 Å². The van der Waals surface area contributed by atoms with E-state index in [-0.39, 0.29) is 17.7 Å². The van der Waals surface area contributed by atoms with Crippen molar-refractivity contribution in [3.63, 3.8) is 0 Å². The molecule has 9 heteroatoms. The van der Waals surface area contributed by atoms with Gasteiger partial charge in [0.2, 0.25) is 5.91 Å². The number of hydrogen-bond acceptors (Lipinski definition) is 4. The quantitative estimate of drug-likeness (QED) is 0.510. The molecule has 4 atom stereocenters. The first kappa shape index (κ1) is 20.7. The highest BCUT2D eigenvalue weighted by molar-refractivity contribution is 7.22. The average molecular weight is 458 g/mol. The molecule has 1 saturated carbocycles. The summed E-state index contributed by atoms with van der Waals surface area (Å²) in [6, 6.07) is 10.2. The van der Waals surface area contributed by atoms with Gasteiger partial charge in [-0.25, -0.2) is 4.98 Å². The summed E-state index contributed by atoms with van der Waals surface area (Å²) in [4.78, 5) is 28.9. The third-order valence-electron chi connectivity index (χ3n) is 6.21. The Hall–Kier alpha value is -3.20. The van der Waals surface area contributed by atoms with Gasteiger partial charge in [-0.1, -0.05) is 41.7 Å². The summed E-state index contributed by atoms with van der Waals surface area (Å²) < 4.78 is 39.1. The molecule has 3 aromatic rings. The van der Waals surface area contributed by atoms with Gasteiger partial charge in [-0.05, 0) is 53.6 Å². The molecule has 1 heterocycles. The fourth-order valence-electron chi connectivity index (χ4n) is 4.71. The molecule has 1 fully saturated rings. The molecule has 0 spiro atoms. The third kappa shape index (κ3) is 3.56. The number of thiazole rings is 1. The van der Waals surface area contributed by atoms with E-state index >= 15 is 0 Å². The number of aromatic nitrogens is 1. The van der Waals surface area contributed by atoms with Gasteiger partial charge in [-0.15, -0.1) is 0 Å². The molecule has 2 bridgehead atoms. The predicted molar refractivity (Wildman–Crippen MR) is 114 cm³/mol. The number of carbonyl (C=O) groups excluding carboxylic acids is 1. The Morgan fingerprint density at radius 2 is 1.66 bits per heavy atom. The van der Waals surface area contributed by atoms with Gasteiger partial charge in [0.15, 0.2) is 5.13 Å². The summed E-state index contributed by atoms with van der Waals surface area (Å²) in [6.07, 6.45) is 0.0869. The van der Waals surface area contributed by atoms with Crippen molar-refractivity contribution >= 4 is 38.6 Å². The van der Waals surface area contributed by atoms with Crippen LogP contribution in [0.25, 0.3) is 21.3 Å². The summed E-state index contributed by atoms with van der Waals surface area (Å²) in [6.45, 7) is 0. The molecule has 0 saturated heterocycles. The molecule has 2 unspecified atom stereocenters. The molecular weight excluding hydrogens is 441 g/mol. The number of hydrogen-bond donors (Lipinski definition) is 2. The lowest BCUT2D eigenvalue weighted by Gasteiger charge is -2.23. The number of anilines is 1. The Labute approximate surface area is 184 Å². The molecular formula is C23H17F3N2O3S. The number of amides is 1. The van der Waals surface area contributed by atoms with Crippen LogP contribution in [-0.2, 0) is 15.8 Å². The van der Waals surface area contributed by atoms with Gasteiger partial charge >= 0.3 is 12.1 Å². The summed E-state index contributed by atoms with van der Waals surface area (Å²) in [5.74, 6) is -2.87. The Morgan fingerprint density at radius 3 is 2.31 bits per heavy atom. The van der Waals surface area contributed by atoms with Gasteiger partial charge in [0.25, 0.3) is 0 Å². The van der Waals surface area contributed by atoms with Gasteiger partial charge in [-0.2, -0.15) is 13.2 Å². The van der Waals surface area contributed by atoms with Crippen molar-refractivity contribution in [2.75, 3.05) is 5.32 Å². The van der Waals surface area contributed by atoms with E-state index in [0.717, 1.165) is 22.4 Å². The Balaban J connectivity index is 1.37. The minimum absolute atomic E-state index is 0.0817. The third-order valence-corrected chi connectivity index (χ3v) is 7.14. The van der Waals surface area contributed by atoms with Crippen LogP contribution in [0.4, 0.5) is 18.3 Å². The van der Waals surface area contributed by atoms with Crippen LogP contribution in [0.15, 0.2) is 54.6 Å². The van der Waals surface area contributed by atoms with Crippen LogP contribution < -0.4 is 5.32 Å². The predicted octanol–water partition coefficient (Wildman–Crippen LogP) is 5.44. The molecule has 32 heavy (non-hydrogen) atoms. The second-order valence-corrected chi connectivity index (χ2v) is 9.13. The molecule has 5 nitrogen and oxygen atoms in total. The number of fused-ring (bicyclic) bond motifs is 3. The maximum atomic E-state index is 12.9. The molecule has 164 valence electrons. The van der Waals surface area contributed by atoms with Crippen molar-refractivity contribution < 1.29 is 27.9 Å². The maximum Gasteiger partial charge on any atom is 0.416 e. The number of nitrogens with one attached hydrogen (secondary N) is 1. The van der Waals surface area contributed by atoms with Crippen LogP contribution in [-0.4, -0.2) is 22.0 Å². The highest BCUT2D eigenvalue weighted by Crippen LogP contribution is 2.48. The fraction of sp³-hybridized carbons (Fsp3) is 0.261. The Bertz CT molecular complexity index is 1250. The number of benzene rings is 2. The van der Waals surface area contributed by atoms with E-state index in [4.69, 9.17) is 0 Å². The van der Waals surface area contributed by atoms with Crippen LogP contribution in [0.5, 0.6) is 0 Å². The van der Waals surface area contributed by atoms with E-state index in [1.165, 1.54) is 23.5 Å². The Morgan fingerprint density at radius 1 is 1.00 bits per heavy atom. The monoisotopic (exact) mass is 458 g/mol. The van der Waals surface area contributed by atoms with Crippen molar-refractivity contribution in [3.8, 4) is 11.1 Å². The second-order valence-electron chi connectivity index (χ2n) is 8.10. The average Bonchev–Trinajstić information content (AvgIpc) is 3.46. The number of carboxylic acid groups (broad SMARTS) is 1. The van der Waals surface area contributed by atoms with Crippen LogP contribution in [0.1, 0.15) is 12.0 Å². The second kappa shape index (κ2) is 7.44. The van der Waals surface area contributed by atoms with Gasteiger partial charge in [0.05, 0.1) is 27.6 Å². The first-order valence-electron chi connectivity index (χ1n) is 10.0. The van der Waals surface area contributed by atoms with Crippen LogP contribution in [0.2, 0.25) is 0 Å². The lowest BCUT2D eigenvalue weighted by molar-refractivity contribution is -0.146. The first-order valence-corrected chi connectivity index (χ1v) is 10.8. The minimum Gasteiger partial charge on any atom is -0.481 e. The summed E-state index contributed by atoms with van der Waals surface area (Å²) in [5, 5.41) is 12.7. The van der Waals surface area contributed by atoms with Gasteiger partial charge in [0, 0.05) is 0 Å². The molecule has 5 rings (SSSR count). The number of carbonyl (C=O) groups is 2. The van der Waals surface area contributed by atoms with Crippen LogP contribution >= 0.6 is 11.3 Å². The van der Waals surface area contributed by atoms with Gasteiger partial charge in [-0.3, -0.25) is 9.59 Å². The lowest BCUT2D eigenvalue weighted by atomic mass is 9.82. The zero-order valence-corrected chi connectivity index (χ0v) is 17.3. The standard InChI is InChI=1S/C23H17F3N2O3S/c24-23(25,26)15-6-3-11(4-7-15)12-5-8-16-17(10-12)32-22(27-16)28-20(29)18-13-1-2-14(9-13)19(18)21(30)31/h1-8,10,13-14,18-19H,9H2,(H,30,31)(H,27,28,29)/t13?,14?,18-,19+/m1/s1. The van der Waals surface area contributed by atoms with E-state index < -0.39 is 29.5 Å². The number of rotatable bonds is 4. The summed E-state index contributed by atoms with van der Waals surface area (Å²) in [5.41, 5.74) is 1.30. The number of carboxylic acids is 1. The normalized spacial score (nSPS) is 24.2. The smallest absolute Gasteiger partial charge is 0.416 e. The molecule has 1 aromatic heterocycles. The van der Waals surface area contributed by atoms with Gasteiger partial charge < -0.3 is 10.4 Å². The first-order chi connectivity index (χ1) is 15.2. The molecule has 2 aliphatic carbocycles. The van der Waals surface area contributed by atoms with Crippen LogP contribution in [0.3, 0.4) is 0 Å². The number of nitrogens with zero attached hydrogens (tertiary/aromatic N) is 1. The van der Waals surface area contributed by atoms with Gasteiger partial charge in [0.1, 0.15) is 0 Å². The largest absolute Gasteiger partial charge is 0.481 e. The topological polar surface area (TPSA) is 79.3 Å². The summed E-state index contributed by atoms with van der Waals surface area (Å²) in [7, 11) is 0. The highest BCUT2D eigenvalue weighted by atomic mass is 32.1. The molecule has 1 amide bonds. The highest BCUT2D eigenvalue weighted by Gasteiger charge is 2.51. The number of alkyl halides is 3. The SMILES string of the molecule is O=C(Nc1nc2ccc(-c3ccc(C(F)(F)F)cc3)cc2s1)[C@@H]1C2C=CC(C2)[C@@H]1C(=O)O. The zero-order chi connectivity index (χ0) is 22.6. The number of allylic oxidation sites excluding steroid dienone is 2. The van der Waals surface area contributed by atoms with Crippen molar-refractivity contribution in [3.05, 3.63) is 60.2 Å². The van der Waals surface area contributed by atoms with E-state index in [1.54, 1.807) is 12.1 Å². The zero-order valence-electron chi connectivity index (χ0n) is 16.5. The van der Waals surface area contributed by atoms with Crippen LogP contribution in [0, 0.1) is 23.7 Å².